The van der Waals surface area contributed by atoms with E-state index in [1.165, 1.54) is 0 Å². The smallest absolute Gasteiger partial charge is 0.0708 e. The molecule has 0 heterocycles. The number of hydrogen-bond acceptors (Lipinski definition) is 1. The van der Waals surface area contributed by atoms with Gasteiger partial charge in [-0.05, 0) is 18.8 Å². The van der Waals surface area contributed by atoms with Crippen molar-refractivity contribution < 1.29 is 5.11 Å². The largest absolute Gasteiger partial charge is 0.396 e. The molecule has 0 radical (unpaired) electrons. The van der Waals surface area contributed by atoms with Crippen molar-refractivity contribution in [3.8, 4) is 0 Å². The molecule has 0 fully saturated rings. The summed E-state index contributed by atoms with van der Waals surface area (Å²) in [4.78, 5) is 0.471. The van der Waals surface area contributed by atoms with Gasteiger partial charge in [0.25, 0.3) is 0 Å². The van der Waals surface area contributed by atoms with Crippen LogP contribution >= 0.6 is 47.8 Å². The quantitative estimate of drug-likeness (QED) is 0.753. The van der Waals surface area contributed by atoms with E-state index >= 15 is 0 Å². The zero-order valence-corrected chi connectivity index (χ0v) is 11.2. The number of rotatable bonds is 5. The van der Waals surface area contributed by atoms with E-state index in [0.29, 0.717) is 14.5 Å². The predicted molar refractivity (Wildman–Crippen MR) is 59.8 cm³/mol. The van der Waals surface area contributed by atoms with E-state index < -0.39 is 0 Å². The SMILES string of the molecule is CC(CCO)C(Br)CC(Br)Br. The van der Waals surface area contributed by atoms with Crippen molar-refractivity contribution in [1.29, 1.82) is 0 Å². The monoisotopic (exact) mass is 350 g/mol. The summed E-state index contributed by atoms with van der Waals surface area (Å²) in [5.41, 5.74) is 0. The van der Waals surface area contributed by atoms with Crippen LogP contribution in [0.3, 0.4) is 0 Å². The Bertz CT molecular complexity index is 97.7. The lowest BCUT2D eigenvalue weighted by Gasteiger charge is -2.17. The summed E-state index contributed by atoms with van der Waals surface area (Å²) < 4.78 is 0.362. The van der Waals surface area contributed by atoms with Crippen LogP contribution in [0.2, 0.25) is 0 Å². The maximum absolute atomic E-state index is 8.68. The Morgan fingerprint density at radius 1 is 1.27 bits per heavy atom. The molecule has 2 unspecified atom stereocenters. The molecule has 11 heavy (non-hydrogen) atoms. The first kappa shape index (κ1) is 12.4. The maximum atomic E-state index is 8.68. The van der Waals surface area contributed by atoms with E-state index in [1.54, 1.807) is 0 Å². The minimum atomic E-state index is 0.276. The van der Waals surface area contributed by atoms with Crippen LogP contribution < -0.4 is 0 Å². The van der Waals surface area contributed by atoms with E-state index in [4.69, 9.17) is 5.11 Å². The summed E-state index contributed by atoms with van der Waals surface area (Å²) in [5, 5.41) is 8.68. The highest BCUT2D eigenvalue weighted by molar-refractivity contribution is 9.24. The van der Waals surface area contributed by atoms with Crippen molar-refractivity contribution >= 4 is 47.8 Å². The third-order valence-electron chi connectivity index (χ3n) is 1.61. The molecular weight excluding hydrogens is 340 g/mol. The molecule has 0 saturated carbocycles. The van der Waals surface area contributed by atoms with Gasteiger partial charge in [-0.25, -0.2) is 0 Å². The minimum absolute atomic E-state index is 0.276. The van der Waals surface area contributed by atoms with Crippen LogP contribution in [0.15, 0.2) is 0 Å². The third-order valence-corrected chi connectivity index (χ3v) is 3.63. The molecule has 0 aromatic heterocycles. The highest BCUT2D eigenvalue weighted by Crippen LogP contribution is 2.26. The van der Waals surface area contributed by atoms with Gasteiger partial charge in [0.05, 0.1) is 3.74 Å². The van der Waals surface area contributed by atoms with E-state index in [2.05, 4.69) is 54.7 Å². The Morgan fingerprint density at radius 3 is 2.18 bits per heavy atom. The Hall–Kier alpha value is 1.40. The van der Waals surface area contributed by atoms with Crippen LogP contribution in [0.4, 0.5) is 0 Å². The summed E-state index contributed by atoms with van der Waals surface area (Å²) in [7, 11) is 0. The topological polar surface area (TPSA) is 20.2 Å². The fraction of sp³-hybridized carbons (Fsp3) is 1.00. The molecule has 0 aliphatic rings. The first-order valence-electron chi connectivity index (χ1n) is 3.61. The average molecular weight is 353 g/mol. The molecule has 0 aromatic carbocycles. The fourth-order valence-corrected chi connectivity index (χ4v) is 3.23. The molecule has 0 aliphatic heterocycles. The lowest BCUT2D eigenvalue weighted by atomic mass is 10.0. The zero-order valence-electron chi connectivity index (χ0n) is 6.43. The van der Waals surface area contributed by atoms with Gasteiger partial charge in [0.15, 0.2) is 0 Å². The van der Waals surface area contributed by atoms with Crippen molar-refractivity contribution in [2.45, 2.75) is 28.3 Å². The molecule has 2 atom stereocenters. The number of hydrogen-bond donors (Lipinski definition) is 1. The van der Waals surface area contributed by atoms with Gasteiger partial charge >= 0.3 is 0 Å². The second-order valence-corrected chi connectivity index (χ2v) is 7.25. The Balaban J connectivity index is 3.54. The van der Waals surface area contributed by atoms with Gasteiger partial charge < -0.3 is 5.11 Å². The fourth-order valence-electron chi connectivity index (χ4n) is 0.787. The molecule has 1 N–H and O–H groups in total. The Kier molecular flexibility index (Phi) is 7.74. The lowest BCUT2D eigenvalue weighted by molar-refractivity contribution is 0.261. The van der Waals surface area contributed by atoms with Crippen LogP contribution in [0.25, 0.3) is 0 Å². The maximum Gasteiger partial charge on any atom is 0.0708 e. The van der Waals surface area contributed by atoms with Gasteiger partial charge in [-0.2, -0.15) is 0 Å². The molecule has 0 bridgehead atoms. The normalized spacial score (nSPS) is 16.9. The van der Waals surface area contributed by atoms with Crippen molar-refractivity contribution in [3.63, 3.8) is 0 Å². The van der Waals surface area contributed by atoms with Crippen LogP contribution in [-0.2, 0) is 0 Å². The molecule has 0 aromatic rings. The van der Waals surface area contributed by atoms with Crippen LogP contribution in [-0.4, -0.2) is 20.3 Å². The highest BCUT2D eigenvalue weighted by atomic mass is 79.9. The number of halogens is 3. The second kappa shape index (κ2) is 6.87. The summed E-state index contributed by atoms with van der Waals surface area (Å²) >= 11 is 10.4. The van der Waals surface area contributed by atoms with Gasteiger partial charge in [-0.3, -0.25) is 0 Å². The second-order valence-electron chi connectivity index (χ2n) is 2.63. The summed E-state index contributed by atoms with van der Waals surface area (Å²) in [6, 6.07) is 0. The van der Waals surface area contributed by atoms with E-state index in [-0.39, 0.29) is 6.61 Å². The molecular formula is C7H13Br3O. The van der Waals surface area contributed by atoms with Crippen LogP contribution in [0.5, 0.6) is 0 Å². The van der Waals surface area contributed by atoms with Gasteiger partial charge in [-0.15, -0.1) is 0 Å². The Morgan fingerprint density at radius 2 is 1.82 bits per heavy atom. The molecule has 1 nitrogen and oxygen atoms in total. The average Bonchev–Trinajstić information content (AvgIpc) is 1.86. The zero-order chi connectivity index (χ0) is 8.85. The van der Waals surface area contributed by atoms with Crippen LogP contribution in [0, 0.1) is 5.92 Å². The first-order valence-corrected chi connectivity index (χ1v) is 6.35. The van der Waals surface area contributed by atoms with Crippen molar-refractivity contribution in [2.24, 2.45) is 5.92 Å². The van der Waals surface area contributed by atoms with E-state index in [9.17, 15) is 0 Å². The Labute approximate surface area is 93.3 Å². The standard InChI is InChI=1S/C7H13Br3O/c1-5(2-3-11)6(8)4-7(9)10/h5-7,11H,2-4H2,1H3. The molecule has 68 valence electrons. The summed E-state index contributed by atoms with van der Waals surface area (Å²) in [6.45, 7) is 2.41. The van der Waals surface area contributed by atoms with Crippen molar-refractivity contribution in [3.05, 3.63) is 0 Å². The van der Waals surface area contributed by atoms with Crippen molar-refractivity contribution in [2.75, 3.05) is 6.61 Å². The third kappa shape index (κ3) is 6.55. The number of aliphatic hydroxyl groups is 1. The number of alkyl halides is 3. The van der Waals surface area contributed by atoms with Gasteiger partial charge in [0.2, 0.25) is 0 Å². The molecule has 0 spiro atoms. The van der Waals surface area contributed by atoms with E-state index in [1.807, 2.05) is 0 Å². The molecule has 0 amide bonds. The van der Waals surface area contributed by atoms with Gasteiger partial charge in [0.1, 0.15) is 0 Å². The van der Waals surface area contributed by atoms with Crippen molar-refractivity contribution in [1.82, 2.24) is 0 Å². The summed E-state index contributed by atoms with van der Waals surface area (Å²) in [6.07, 6.45) is 1.89. The predicted octanol–water partition coefficient (Wildman–Crippen LogP) is 3.27. The molecule has 4 heteroatoms. The summed E-state index contributed by atoms with van der Waals surface area (Å²) in [5.74, 6) is 0.526. The number of aliphatic hydroxyl groups excluding tert-OH is 1. The molecule has 0 rings (SSSR count). The minimum Gasteiger partial charge on any atom is -0.396 e. The molecule has 0 saturated heterocycles. The van der Waals surface area contributed by atoms with Gasteiger partial charge in [0, 0.05) is 11.4 Å². The lowest BCUT2D eigenvalue weighted by Crippen LogP contribution is -2.14. The molecule has 0 aliphatic carbocycles. The highest BCUT2D eigenvalue weighted by Gasteiger charge is 2.15. The van der Waals surface area contributed by atoms with Gasteiger partial charge in [-0.1, -0.05) is 54.7 Å². The first-order chi connectivity index (χ1) is 5.07. The van der Waals surface area contributed by atoms with Crippen LogP contribution in [0.1, 0.15) is 19.8 Å². The van der Waals surface area contributed by atoms with E-state index in [0.717, 1.165) is 12.8 Å².